The summed E-state index contributed by atoms with van der Waals surface area (Å²) in [6.45, 7) is 5.84. The first-order valence-corrected chi connectivity index (χ1v) is 9.02. The molecule has 0 heterocycles. The number of methoxy groups -OCH3 is 1. The van der Waals surface area contributed by atoms with Crippen molar-refractivity contribution in [3.63, 3.8) is 0 Å². The van der Waals surface area contributed by atoms with E-state index in [1.165, 1.54) is 19.2 Å². The molecule has 0 unspecified atom stereocenters. The van der Waals surface area contributed by atoms with Crippen LogP contribution in [-0.2, 0) is 19.3 Å². The third-order valence-electron chi connectivity index (χ3n) is 3.52. The second-order valence-corrected chi connectivity index (χ2v) is 7.53. The molecule has 5 nitrogen and oxygen atoms in total. The Morgan fingerprint density at radius 1 is 1.21 bits per heavy atom. The summed E-state index contributed by atoms with van der Waals surface area (Å²) in [6.07, 6.45) is 1.22. The first-order chi connectivity index (χ1) is 10.8. The fraction of sp³-hybridized carbons (Fsp3) is 0.529. The number of sulfone groups is 1. The molecule has 1 aromatic carbocycles. The molecule has 1 rings (SSSR count). The molecular weight excluding hydrogens is 323 g/mol. The number of hydrogen-bond donors (Lipinski definition) is 1. The van der Waals surface area contributed by atoms with Crippen LogP contribution in [0.25, 0.3) is 0 Å². The van der Waals surface area contributed by atoms with Crippen LogP contribution in [0.15, 0.2) is 40.6 Å². The largest absolute Gasteiger partial charge is 1.00 e. The Hall–Kier alpha value is -0.613. The molecule has 3 atom stereocenters. The van der Waals surface area contributed by atoms with Gasteiger partial charge in [0.25, 0.3) is 0 Å². The van der Waals surface area contributed by atoms with Gasteiger partial charge in [-0.25, -0.2) is 8.42 Å². The summed E-state index contributed by atoms with van der Waals surface area (Å²) < 4.78 is 34.8. The van der Waals surface area contributed by atoms with E-state index >= 15 is 0 Å². The fourth-order valence-corrected chi connectivity index (χ4v) is 3.26. The Morgan fingerprint density at radius 3 is 2.29 bits per heavy atom. The summed E-state index contributed by atoms with van der Waals surface area (Å²) in [5.41, 5.74) is 0. The van der Waals surface area contributed by atoms with Crippen LogP contribution in [0.3, 0.4) is 0 Å². The summed E-state index contributed by atoms with van der Waals surface area (Å²) >= 11 is 0. The maximum atomic E-state index is 12.2. The van der Waals surface area contributed by atoms with Gasteiger partial charge in [0, 0.05) is 7.11 Å². The topological polar surface area (TPSA) is 72.8 Å². The van der Waals surface area contributed by atoms with Gasteiger partial charge in [0.15, 0.2) is 9.84 Å². The van der Waals surface area contributed by atoms with Crippen LogP contribution < -0.4 is 18.9 Å². The van der Waals surface area contributed by atoms with Gasteiger partial charge in [0.1, 0.15) is 6.79 Å². The fourth-order valence-electron chi connectivity index (χ4n) is 2.27. The van der Waals surface area contributed by atoms with E-state index in [0.29, 0.717) is 0 Å². The molecule has 7 heteroatoms. The van der Waals surface area contributed by atoms with E-state index in [4.69, 9.17) is 9.47 Å². The number of rotatable bonds is 9. The summed E-state index contributed by atoms with van der Waals surface area (Å²) in [6, 6.07) is 8.04. The number of aliphatic hydroxyl groups is 1. The Balaban J connectivity index is 0.00000529. The van der Waals surface area contributed by atoms with E-state index < -0.39 is 15.9 Å². The van der Waals surface area contributed by atoms with Crippen LogP contribution in [0, 0.1) is 17.9 Å². The molecule has 130 valence electrons. The minimum Gasteiger partial charge on any atom is -0.454 e. The van der Waals surface area contributed by atoms with Crippen molar-refractivity contribution in [1.29, 1.82) is 0 Å². The van der Waals surface area contributed by atoms with Crippen LogP contribution in [0.1, 0.15) is 20.8 Å². The van der Waals surface area contributed by atoms with Gasteiger partial charge >= 0.3 is 18.9 Å². The molecule has 0 aliphatic heterocycles. The number of hydrogen-bond acceptors (Lipinski definition) is 5. The minimum absolute atomic E-state index is 0. The molecule has 24 heavy (non-hydrogen) atoms. The molecule has 0 spiro atoms. The molecule has 0 aliphatic carbocycles. The van der Waals surface area contributed by atoms with Gasteiger partial charge in [0.2, 0.25) is 0 Å². The molecule has 0 aromatic heterocycles. The van der Waals surface area contributed by atoms with E-state index in [9.17, 15) is 13.5 Å². The standard InChI is InChI=1S/C17H25O5S.Li/c1-13(2)17(22-12-21-4)14(3)16(18)10-11-23(19,20)15-8-6-5-7-9-15;/h5-9,11,13-14,16-18H,12H2,1-4H3;/q-1;+1/t14-,16-,17-;/m0./s1. The smallest absolute Gasteiger partial charge is 0.454 e. The predicted octanol–water partition coefficient (Wildman–Crippen LogP) is -0.577. The number of ether oxygens (including phenoxy) is 2. The van der Waals surface area contributed by atoms with E-state index in [0.717, 1.165) is 5.41 Å². The molecule has 0 amide bonds. The summed E-state index contributed by atoms with van der Waals surface area (Å²) in [5, 5.41) is 11.1. The second kappa shape index (κ2) is 11.1. The second-order valence-electron chi connectivity index (χ2n) is 5.73. The van der Waals surface area contributed by atoms with Crippen molar-refractivity contribution < 1.29 is 41.9 Å². The molecule has 0 radical (unpaired) electrons. The zero-order valence-electron chi connectivity index (χ0n) is 15.0. The Kier molecular flexibility index (Phi) is 10.8. The average molecular weight is 348 g/mol. The number of aliphatic hydroxyl groups excluding tert-OH is 1. The molecular formula is C17H25LiO5S. The quantitative estimate of drug-likeness (QED) is 0.367. The molecule has 0 saturated heterocycles. The molecule has 0 fully saturated rings. The minimum atomic E-state index is -3.61. The van der Waals surface area contributed by atoms with Gasteiger partial charge in [-0.3, -0.25) is 0 Å². The van der Waals surface area contributed by atoms with Crippen molar-refractivity contribution in [3.8, 4) is 0 Å². The zero-order valence-corrected chi connectivity index (χ0v) is 15.8. The average Bonchev–Trinajstić information content (AvgIpc) is 2.53. The third kappa shape index (κ3) is 7.10. The van der Waals surface area contributed by atoms with Crippen molar-refractivity contribution in [1.82, 2.24) is 0 Å². The Morgan fingerprint density at radius 2 is 1.79 bits per heavy atom. The van der Waals surface area contributed by atoms with E-state index in [-0.39, 0.29) is 48.5 Å². The van der Waals surface area contributed by atoms with Crippen LogP contribution in [-0.4, -0.2) is 39.6 Å². The summed E-state index contributed by atoms with van der Waals surface area (Å²) in [4.78, 5) is 0.170. The predicted molar refractivity (Wildman–Crippen MR) is 88.2 cm³/mol. The van der Waals surface area contributed by atoms with Crippen LogP contribution >= 0.6 is 0 Å². The van der Waals surface area contributed by atoms with Crippen LogP contribution in [0.2, 0.25) is 0 Å². The molecule has 0 aliphatic rings. The maximum absolute atomic E-state index is 12.2. The number of benzene rings is 1. The SMILES string of the molecule is COCO[C@@H](C(C)C)[C@@H](C)[C@@H](O)[C-]=CS(=O)(=O)c1ccccc1.[Li+]. The molecule has 0 saturated carbocycles. The monoisotopic (exact) mass is 348 g/mol. The van der Waals surface area contributed by atoms with E-state index in [1.54, 1.807) is 25.1 Å². The first kappa shape index (κ1) is 23.4. The van der Waals surface area contributed by atoms with Gasteiger partial charge in [-0.2, -0.15) is 0 Å². The summed E-state index contributed by atoms with van der Waals surface area (Å²) in [7, 11) is -2.09. The molecule has 1 aromatic rings. The van der Waals surface area contributed by atoms with Gasteiger partial charge in [-0.05, 0) is 24.0 Å². The van der Waals surface area contributed by atoms with Crippen molar-refractivity contribution >= 4 is 9.84 Å². The van der Waals surface area contributed by atoms with Crippen molar-refractivity contribution in [2.75, 3.05) is 13.9 Å². The van der Waals surface area contributed by atoms with Gasteiger partial charge < -0.3 is 20.7 Å². The van der Waals surface area contributed by atoms with Crippen LogP contribution in [0.5, 0.6) is 0 Å². The maximum Gasteiger partial charge on any atom is 1.00 e. The molecule has 0 bridgehead atoms. The summed E-state index contributed by atoms with van der Waals surface area (Å²) in [5.74, 6) is -0.185. The first-order valence-electron chi connectivity index (χ1n) is 7.47. The zero-order chi connectivity index (χ0) is 17.5. The van der Waals surface area contributed by atoms with Crippen molar-refractivity contribution in [2.24, 2.45) is 11.8 Å². The van der Waals surface area contributed by atoms with E-state index in [2.05, 4.69) is 6.08 Å². The van der Waals surface area contributed by atoms with Crippen LogP contribution in [0.4, 0.5) is 0 Å². The van der Waals surface area contributed by atoms with E-state index in [1.807, 2.05) is 13.8 Å². The molecule has 1 N–H and O–H groups in total. The van der Waals surface area contributed by atoms with Crippen molar-refractivity contribution in [2.45, 2.75) is 37.9 Å². The normalized spacial score (nSPS) is 15.9. The van der Waals surface area contributed by atoms with Gasteiger partial charge in [-0.15, -0.1) is 5.41 Å². The third-order valence-corrected chi connectivity index (χ3v) is 4.89. The van der Waals surface area contributed by atoms with Gasteiger partial charge in [0.05, 0.1) is 11.0 Å². The van der Waals surface area contributed by atoms with Crippen molar-refractivity contribution in [3.05, 3.63) is 41.8 Å². The van der Waals surface area contributed by atoms with Gasteiger partial charge in [-0.1, -0.05) is 45.1 Å². The Bertz CT molecular complexity index is 586. The Labute approximate surface area is 157 Å².